The van der Waals surface area contributed by atoms with Crippen molar-refractivity contribution in [3.63, 3.8) is 0 Å². The van der Waals surface area contributed by atoms with Crippen LogP contribution in [0.2, 0.25) is 0 Å². The number of methoxy groups -OCH3 is 1. The zero-order chi connectivity index (χ0) is 11.9. The molecule has 0 heterocycles. The molecular formula is C9H20ClNO3S. The zero-order valence-corrected chi connectivity index (χ0v) is 11.1. The van der Waals surface area contributed by atoms with Crippen LogP contribution < -0.4 is 0 Å². The van der Waals surface area contributed by atoms with Gasteiger partial charge in [0.1, 0.15) is 0 Å². The summed E-state index contributed by atoms with van der Waals surface area (Å²) in [5, 5.41) is 0. The molecular weight excluding hydrogens is 238 g/mol. The Balaban J connectivity index is 4.37. The van der Waals surface area contributed by atoms with Gasteiger partial charge in [-0.05, 0) is 20.3 Å². The summed E-state index contributed by atoms with van der Waals surface area (Å²) in [6.07, 6.45) is 0.518. The van der Waals surface area contributed by atoms with Gasteiger partial charge in [0, 0.05) is 32.2 Å². The van der Waals surface area contributed by atoms with Gasteiger partial charge in [-0.3, -0.25) is 0 Å². The molecule has 0 radical (unpaired) electrons. The van der Waals surface area contributed by atoms with Crippen molar-refractivity contribution < 1.29 is 13.2 Å². The Morgan fingerprint density at radius 3 is 2.40 bits per heavy atom. The van der Waals surface area contributed by atoms with Gasteiger partial charge in [0.2, 0.25) is 10.0 Å². The second kappa shape index (κ2) is 7.44. The maximum Gasteiger partial charge on any atom is 0.214 e. The van der Waals surface area contributed by atoms with Crippen LogP contribution in [0.15, 0.2) is 0 Å². The van der Waals surface area contributed by atoms with E-state index in [0.29, 0.717) is 25.5 Å². The van der Waals surface area contributed by atoms with Gasteiger partial charge < -0.3 is 4.74 Å². The average molecular weight is 258 g/mol. The lowest BCUT2D eigenvalue weighted by Crippen LogP contribution is -2.39. The molecule has 0 atom stereocenters. The van der Waals surface area contributed by atoms with Gasteiger partial charge in [-0.15, -0.1) is 11.6 Å². The van der Waals surface area contributed by atoms with E-state index in [1.807, 2.05) is 13.8 Å². The molecule has 0 fully saturated rings. The third kappa shape index (κ3) is 5.70. The molecule has 0 rings (SSSR count). The van der Waals surface area contributed by atoms with Crippen molar-refractivity contribution >= 4 is 21.6 Å². The van der Waals surface area contributed by atoms with Crippen molar-refractivity contribution in [2.75, 3.05) is 31.9 Å². The lowest BCUT2D eigenvalue weighted by molar-refractivity contribution is 0.199. The first-order valence-corrected chi connectivity index (χ1v) is 7.14. The molecule has 0 unspecified atom stereocenters. The van der Waals surface area contributed by atoms with Crippen LogP contribution in [0.5, 0.6) is 0 Å². The van der Waals surface area contributed by atoms with Crippen LogP contribution in [0.4, 0.5) is 0 Å². The van der Waals surface area contributed by atoms with Crippen molar-refractivity contribution in [1.82, 2.24) is 4.31 Å². The molecule has 6 heteroatoms. The molecule has 0 aliphatic heterocycles. The molecule has 0 aliphatic rings. The van der Waals surface area contributed by atoms with E-state index in [1.54, 1.807) is 7.11 Å². The zero-order valence-electron chi connectivity index (χ0n) is 9.57. The topological polar surface area (TPSA) is 46.6 Å². The van der Waals surface area contributed by atoms with Gasteiger partial charge >= 0.3 is 0 Å². The highest BCUT2D eigenvalue weighted by Gasteiger charge is 2.23. The first-order valence-electron chi connectivity index (χ1n) is 5.00. The van der Waals surface area contributed by atoms with Crippen LogP contribution >= 0.6 is 11.6 Å². The molecule has 0 saturated heterocycles. The van der Waals surface area contributed by atoms with E-state index in [1.165, 1.54) is 4.31 Å². The van der Waals surface area contributed by atoms with Crippen molar-refractivity contribution in [3.05, 3.63) is 0 Å². The second-order valence-corrected chi connectivity index (χ2v) is 5.97. The summed E-state index contributed by atoms with van der Waals surface area (Å²) in [5.41, 5.74) is 0. The minimum atomic E-state index is -3.19. The highest BCUT2D eigenvalue weighted by Crippen LogP contribution is 2.09. The predicted molar refractivity (Wildman–Crippen MR) is 62.8 cm³/mol. The maximum atomic E-state index is 11.8. The van der Waals surface area contributed by atoms with Gasteiger partial charge in [0.25, 0.3) is 0 Å². The Kier molecular flexibility index (Phi) is 7.52. The number of rotatable bonds is 8. The third-order valence-corrected chi connectivity index (χ3v) is 4.28. The molecule has 0 spiro atoms. The fourth-order valence-electron chi connectivity index (χ4n) is 1.30. The number of ether oxygens (including phenoxy) is 1. The monoisotopic (exact) mass is 257 g/mol. The first-order chi connectivity index (χ1) is 6.95. The molecule has 15 heavy (non-hydrogen) atoms. The Morgan fingerprint density at radius 2 is 2.00 bits per heavy atom. The summed E-state index contributed by atoms with van der Waals surface area (Å²) in [5.74, 6) is 0.442. The molecule has 0 N–H and O–H groups in total. The van der Waals surface area contributed by atoms with Crippen LogP contribution in [0.1, 0.15) is 20.3 Å². The van der Waals surface area contributed by atoms with E-state index in [-0.39, 0.29) is 11.8 Å². The quantitative estimate of drug-likeness (QED) is 0.487. The van der Waals surface area contributed by atoms with E-state index in [4.69, 9.17) is 16.3 Å². The SMILES string of the molecule is COCCCS(=O)(=O)N(CCCl)C(C)C. The van der Waals surface area contributed by atoms with Gasteiger partial charge in [-0.1, -0.05) is 0 Å². The molecule has 0 aromatic rings. The highest BCUT2D eigenvalue weighted by molar-refractivity contribution is 7.89. The number of hydrogen-bond donors (Lipinski definition) is 0. The standard InChI is InChI=1S/C9H20ClNO3S/c1-9(2)11(6-5-10)15(12,13)8-4-7-14-3/h9H,4-8H2,1-3H3. The summed E-state index contributed by atoms with van der Waals surface area (Å²) in [6.45, 7) is 4.53. The molecule has 0 bridgehead atoms. The summed E-state index contributed by atoms with van der Waals surface area (Å²) in [6, 6.07) is -0.0451. The number of nitrogens with zero attached hydrogens (tertiary/aromatic N) is 1. The lowest BCUT2D eigenvalue weighted by atomic mass is 10.4. The highest BCUT2D eigenvalue weighted by atomic mass is 35.5. The maximum absolute atomic E-state index is 11.8. The summed E-state index contributed by atoms with van der Waals surface area (Å²) in [4.78, 5) is 0. The van der Waals surface area contributed by atoms with Gasteiger partial charge in [0.15, 0.2) is 0 Å². The Hall–Kier alpha value is 0.160. The largest absolute Gasteiger partial charge is 0.385 e. The fraction of sp³-hybridized carbons (Fsp3) is 1.00. The number of alkyl halides is 1. The van der Waals surface area contributed by atoms with Crippen LogP contribution in [0.3, 0.4) is 0 Å². The van der Waals surface area contributed by atoms with Crippen molar-refractivity contribution in [2.45, 2.75) is 26.3 Å². The van der Waals surface area contributed by atoms with Crippen molar-refractivity contribution in [3.8, 4) is 0 Å². The van der Waals surface area contributed by atoms with Crippen molar-refractivity contribution in [2.24, 2.45) is 0 Å². The molecule has 0 aromatic carbocycles. The minimum absolute atomic E-state index is 0.0451. The molecule has 0 aromatic heterocycles. The van der Waals surface area contributed by atoms with Crippen LogP contribution in [0, 0.1) is 0 Å². The van der Waals surface area contributed by atoms with Gasteiger partial charge in [-0.2, -0.15) is 4.31 Å². The second-order valence-electron chi connectivity index (χ2n) is 3.56. The fourth-order valence-corrected chi connectivity index (χ4v) is 3.32. The Labute approximate surface area is 97.6 Å². The lowest BCUT2D eigenvalue weighted by Gasteiger charge is -2.24. The summed E-state index contributed by atoms with van der Waals surface area (Å²) in [7, 11) is -1.63. The summed E-state index contributed by atoms with van der Waals surface area (Å²) < 4.78 is 30.0. The van der Waals surface area contributed by atoms with Gasteiger partial charge in [-0.25, -0.2) is 8.42 Å². The van der Waals surface area contributed by atoms with Crippen LogP contribution in [-0.4, -0.2) is 50.7 Å². The van der Waals surface area contributed by atoms with E-state index in [2.05, 4.69) is 0 Å². The Morgan fingerprint density at radius 1 is 1.40 bits per heavy atom. The first kappa shape index (κ1) is 15.2. The minimum Gasteiger partial charge on any atom is -0.385 e. The van der Waals surface area contributed by atoms with Gasteiger partial charge in [0.05, 0.1) is 5.75 Å². The van der Waals surface area contributed by atoms with Crippen LogP contribution in [-0.2, 0) is 14.8 Å². The molecule has 0 saturated carbocycles. The van der Waals surface area contributed by atoms with Crippen molar-refractivity contribution in [1.29, 1.82) is 0 Å². The number of sulfonamides is 1. The average Bonchev–Trinajstić information content (AvgIpc) is 2.13. The summed E-state index contributed by atoms with van der Waals surface area (Å²) >= 11 is 5.58. The predicted octanol–water partition coefficient (Wildman–Crippen LogP) is 1.30. The Bertz CT molecular complexity index is 254. The number of hydrogen-bond acceptors (Lipinski definition) is 3. The molecule has 0 amide bonds. The van der Waals surface area contributed by atoms with E-state index < -0.39 is 10.0 Å². The third-order valence-electron chi connectivity index (χ3n) is 1.99. The smallest absolute Gasteiger partial charge is 0.214 e. The van der Waals surface area contributed by atoms with E-state index in [0.717, 1.165) is 0 Å². The normalized spacial score (nSPS) is 12.7. The number of halogens is 1. The van der Waals surface area contributed by atoms with E-state index in [9.17, 15) is 8.42 Å². The van der Waals surface area contributed by atoms with Crippen LogP contribution in [0.25, 0.3) is 0 Å². The molecule has 92 valence electrons. The molecule has 4 nitrogen and oxygen atoms in total. The molecule has 0 aliphatic carbocycles. The van der Waals surface area contributed by atoms with E-state index >= 15 is 0 Å².